The lowest BCUT2D eigenvalue weighted by atomic mass is 9.95. The van der Waals surface area contributed by atoms with Gasteiger partial charge < -0.3 is 9.32 Å². The molecule has 0 aliphatic rings. The second kappa shape index (κ2) is 11.2. The Morgan fingerprint density at radius 1 is 0.408 bits per heavy atom. The Hall–Kier alpha value is -6.16. The zero-order valence-electron chi connectivity index (χ0n) is 26.5. The molecule has 0 N–H and O–H groups in total. The Morgan fingerprint density at radius 2 is 1.12 bits per heavy atom. The number of anilines is 3. The minimum atomic E-state index is 0.887. The topological polar surface area (TPSA) is 16.4 Å². The molecule has 0 atom stereocenters. The van der Waals surface area contributed by atoms with Crippen LogP contribution in [0.5, 0.6) is 0 Å². The van der Waals surface area contributed by atoms with Crippen LogP contribution in [-0.2, 0) is 0 Å². The second-order valence-corrected chi connectivity index (χ2v) is 13.6. The first-order valence-corrected chi connectivity index (χ1v) is 17.4. The normalized spacial score (nSPS) is 11.7. The smallest absolute Gasteiger partial charge is 0.135 e. The highest BCUT2D eigenvalue weighted by Gasteiger charge is 2.23. The van der Waals surface area contributed by atoms with E-state index in [1.165, 1.54) is 53.2 Å². The molecule has 10 rings (SSSR count). The molecule has 0 aliphatic carbocycles. The van der Waals surface area contributed by atoms with Gasteiger partial charge in [-0.3, -0.25) is 0 Å². The number of benzene rings is 8. The van der Waals surface area contributed by atoms with Crippen molar-refractivity contribution in [1.82, 2.24) is 0 Å². The number of rotatable bonds is 5. The van der Waals surface area contributed by atoms with E-state index in [0.29, 0.717) is 0 Å². The van der Waals surface area contributed by atoms with E-state index >= 15 is 0 Å². The second-order valence-electron chi connectivity index (χ2n) is 12.5. The van der Waals surface area contributed by atoms with Crippen LogP contribution in [-0.4, -0.2) is 0 Å². The number of hydrogen-bond acceptors (Lipinski definition) is 3. The van der Waals surface area contributed by atoms with E-state index in [-0.39, 0.29) is 0 Å². The lowest BCUT2D eigenvalue weighted by Crippen LogP contribution is -2.11. The molecular formula is C46H29NOS. The van der Waals surface area contributed by atoms with Crippen LogP contribution < -0.4 is 4.90 Å². The van der Waals surface area contributed by atoms with Gasteiger partial charge in [0.25, 0.3) is 0 Å². The monoisotopic (exact) mass is 643 g/mol. The molecule has 0 spiro atoms. The van der Waals surface area contributed by atoms with E-state index in [4.69, 9.17) is 4.42 Å². The van der Waals surface area contributed by atoms with Crippen LogP contribution in [0.3, 0.4) is 0 Å². The fourth-order valence-corrected chi connectivity index (χ4v) is 8.50. The molecule has 2 aromatic heterocycles. The van der Waals surface area contributed by atoms with Gasteiger partial charge in [0.15, 0.2) is 0 Å². The van der Waals surface area contributed by atoms with Gasteiger partial charge in [-0.15, -0.1) is 11.3 Å². The van der Waals surface area contributed by atoms with Crippen LogP contribution >= 0.6 is 11.3 Å². The summed E-state index contributed by atoms with van der Waals surface area (Å²) in [6, 6.07) is 63.4. The van der Waals surface area contributed by atoms with Crippen molar-refractivity contribution in [3.63, 3.8) is 0 Å². The van der Waals surface area contributed by atoms with Crippen molar-refractivity contribution in [3.8, 4) is 22.3 Å². The molecule has 0 aliphatic heterocycles. The summed E-state index contributed by atoms with van der Waals surface area (Å²) >= 11 is 1.86. The number of hydrogen-bond donors (Lipinski definition) is 0. The molecule has 0 unspecified atom stereocenters. The first-order valence-electron chi connectivity index (χ1n) is 16.6. The summed E-state index contributed by atoms with van der Waals surface area (Å²) in [4.78, 5) is 2.46. The van der Waals surface area contributed by atoms with Gasteiger partial charge in [-0.2, -0.15) is 0 Å². The highest BCUT2D eigenvalue weighted by molar-refractivity contribution is 7.26. The SMILES string of the molecule is c1ccc(-c2ccc(-c3ccc4ccccc4c3)cc2N(c2ccc3oc4ccccc4c3c2)c2cccc3c2sc2ccccc23)cc1. The third-order valence-corrected chi connectivity index (χ3v) is 10.9. The Balaban J connectivity index is 1.29. The van der Waals surface area contributed by atoms with Gasteiger partial charge in [0, 0.05) is 37.5 Å². The van der Waals surface area contributed by atoms with Gasteiger partial charge in [0.05, 0.1) is 16.1 Å². The first kappa shape index (κ1) is 27.9. The van der Waals surface area contributed by atoms with Gasteiger partial charge in [0.2, 0.25) is 0 Å². The van der Waals surface area contributed by atoms with Gasteiger partial charge in [-0.05, 0) is 76.0 Å². The summed E-state index contributed by atoms with van der Waals surface area (Å²) in [7, 11) is 0. The van der Waals surface area contributed by atoms with Crippen molar-refractivity contribution in [2.45, 2.75) is 0 Å². The summed E-state index contributed by atoms with van der Waals surface area (Å²) in [6.07, 6.45) is 0. The number of thiophene rings is 1. The third kappa shape index (κ3) is 4.62. The number of nitrogens with zero attached hydrogens (tertiary/aromatic N) is 1. The fraction of sp³-hybridized carbons (Fsp3) is 0. The number of para-hydroxylation sites is 1. The maximum Gasteiger partial charge on any atom is 0.135 e. The molecule has 230 valence electrons. The predicted molar refractivity (Wildman–Crippen MR) is 210 cm³/mol. The summed E-state index contributed by atoms with van der Waals surface area (Å²) in [6.45, 7) is 0. The minimum Gasteiger partial charge on any atom is -0.456 e. The van der Waals surface area contributed by atoms with Crippen LogP contribution in [0.4, 0.5) is 17.1 Å². The quantitative estimate of drug-likeness (QED) is 0.186. The van der Waals surface area contributed by atoms with Crippen molar-refractivity contribution in [2.75, 3.05) is 4.90 Å². The Morgan fingerprint density at radius 3 is 2.04 bits per heavy atom. The molecule has 49 heavy (non-hydrogen) atoms. The molecule has 0 fully saturated rings. The van der Waals surface area contributed by atoms with Crippen molar-refractivity contribution in [3.05, 3.63) is 176 Å². The van der Waals surface area contributed by atoms with Crippen molar-refractivity contribution < 1.29 is 4.42 Å². The van der Waals surface area contributed by atoms with E-state index in [1.54, 1.807) is 0 Å². The van der Waals surface area contributed by atoms with Crippen LogP contribution in [0.15, 0.2) is 180 Å². The van der Waals surface area contributed by atoms with Gasteiger partial charge in [-0.25, -0.2) is 0 Å². The molecule has 0 saturated heterocycles. The number of furan rings is 1. The van der Waals surface area contributed by atoms with Crippen molar-refractivity contribution >= 4 is 81.3 Å². The molecule has 10 aromatic rings. The average Bonchev–Trinajstić information content (AvgIpc) is 3.74. The summed E-state index contributed by atoms with van der Waals surface area (Å²) in [5.41, 5.74) is 9.84. The summed E-state index contributed by atoms with van der Waals surface area (Å²) < 4.78 is 8.84. The summed E-state index contributed by atoms with van der Waals surface area (Å²) in [5, 5.41) is 7.25. The van der Waals surface area contributed by atoms with Gasteiger partial charge >= 0.3 is 0 Å². The largest absolute Gasteiger partial charge is 0.456 e. The highest BCUT2D eigenvalue weighted by Crippen LogP contribution is 2.49. The molecule has 2 heterocycles. The molecular weight excluding hydrogens is 615 g/mol. The average molecular weight is 644 g/mol. The molecule has 0 bridgehead atoms. The molecule has 0 amide bonds. The lowest BCUT2D eigenvalue weighted by Gasteiger charge is -2.29. The molecule has 2 nitrogen and oxygen atoms in total. The van der Waals surface area contributed by atoms with Gasteiger partial charge in [-0.1, -0.05) is 127 Å². The number of fused-ring (bicyclic) bond motifs is 7. The third-order valence-electron chi connectivity index (χ3n) is 9.65. The van der Waals surface area contributed by atoms with E-state index in [2.05, 4.69) is 169 Å². The van der Waals surface area contributed by atoms with Crippen LogP contribution in [0.1, 0.15) is 0 Å². The molecule has 8 aromatic carbocycles. The standard InChI is InChI=1S/C46H29NOS/c1-2-12-31(13-3-1)36-25-23-34(33-22-21-30-11-4-5-14-32(30)27-33)28-42(36)47(35-24-26-44-40(29-35)37-15-6-8-19-43(37)48-44)41-18-10-17-39-38-16-7-9-20-45(38)49-46(39)41/h1-29H. The minimum absolute atomic E-state index is 0.887. The maximum absolute atomic E-state index is 6.30. The van der Waals surface area contributed by atoms with Crippen LogP contribution in [0.25, 0.3) is 75.1 Å². The van der Waals surface area contributed by atoms with Crippen molar-refractivity contribution in [2.24, 2.45) is 0 Å². The lowest BCUT2D eigenvalue weighted by molar-refractivity contribution is 0.669. The highest BCUT2D eigenvalue weighted by atomic mass is 32.1. The van der Waals surface area contributed by atoms with E-state index in [0.717, 1.165) is 39.0 Å². The zero-order chi connectivity index (χ0) is 32.3. The van der Waals surface area contributed by atoms with Crippen molar-refractivity contribution in [1.29, 1.82) is 0 Å². The van der Waals surface area contributed by atoms with Crippen LogP contribution in [0.2, 0.25) is 0 Å². The molecule has 0 radical (unpaired) electrons. The summed E-state index contributed by atoms with van der Waals surface area (Å²) in [5.74, 6) is 0. The van der Waals surface area contributed by atoms with E-state index in [1.807, 2.05) is 23.5 Å². The fourth-order valence-electron chi connectivity index (χ4n) is 7.30. The maximum atomic E-state index is 6.30. The molecule has 0 saturated carbocycles. The zero-order valence-corrected chi connectivity index (χ0v) is 27.3. The van der Waals surface area contributed by atoms with Crippen LogP contribution in [0, 0.1) is 0 Å². The van der Waals surface area contributed by atoms with Gasteiger partial charge in [0.1, 0.15) is 11.2 Å². The predicted octanol–water partition coefficient (Wildman–Crippen LogP) is 13.9. The molecule has 3 heteroatoms. The van der Waals surface area contributed by atoms with E-state index < -0.39 is 0 Å². The Labute approximate surface area is 287 Å². The Kier molecular flexibility index (Phi) is 6.39. The first-order chi connectivity index (χ1) is 24.3. The van der Waals surface area contributed by atoms with E-state index in [9.17, 15) is 0 Å². The Bertz CT molecular complexity index is 2840.